The second-order valence-corrected chi connectivity index (χ2v) is 11.5. The molecule has 0 aliphatic carbocycles. The Labute approximate surface area is 190 Å². The lowest BCUT2D eigenvalue weighted by Gasteiger charge is -2.35. The van der Waals surface area contributed by atoms with Crippen molar-refractivity contribution in [2.45, 2.75) is 54.9 Å². The Morgan fingerprint density at radius 2 is 2.10 bits per heavy atom. The number of rotatable bonds is 3. The number of ether oxygens (including phenoxy) is 1. The summed E-state index contributed by atoms with van der Waals surface area (Å²) in [5, 5.41) is 7.98. The van der Waals surface area contributed by atoms with Crippen molar-refractivity contribution in [3.05, 3.63) is 34.4 Å². The lowest BCUT2D eigenvalue weighted by Crippen LogP contribution is -2.51. The fourth-order valence-electron chi connectivity index (χ4n) is 5.24. The molecule has 5 aliphatic rings. The molecule has 5 heterocycles. The van der Waals surface area contributed by atoms with Gasteiger partial charge in [0.05, 0.1) is 21.2 Å². The van der Waals surface area contributed by atoms with Crippen LogP contribution in [-0.2, 0) is 11.2 Å². The summed E-state index contributed by atoms with van der Waals surface area (Å²) in [6.07, 6.45) is 3.32. The Bertz CT molecular complexity index is 984. The number of nitrogens with zero attached hydrogens (tertiary/aromatic N) is 2. The van der Waals surface area contributed by atoms with Gasteiger partial charge in [0, 0.05) is 42.6 Å². The van der Waals surface area contributed by atoms with E-state index in [0.29, 0.717) is 29.3 Å². The maximum Gasteiger partial charge on any atom is 0.259 e. The lowest BCUT2D eigenvalue weighted by atomic mass is 10.0. The van der Waals surface area contributed by atoms with Crippen LogP contribution in [0.1, 0.15) is 25.3 Å². The van der Waals surface area contributed by atoms with Gasteiger partial charge in [-0.05, 0) is 37.8 Å². The highest BCUT2D eigenvalue weighted by molar-refractivity contribution is 8.16. The van der Waals surface area contributed by atoms with Crippen LogP contribution in [0.15, 0.2) is 33.8 Å². The molecule has 0 spiro atoms. The van der Waals surface area contributed by atoms with Crippen LogP contribution in [0.2, 0.25) is 0 Å². The summed E-state index contributed by atoms with van der Waals surface area (Å²) in [5.41, 5.74) is 9.32. The summed E-state index contributed by atoms with van der Waals surface area (Å²) in [7, 11) is 0. The van der Waals surface area contributed by atoms with E-state index in [-0.39, 0.29) is 22.6 Å². The second-order valence-electron chi connectivity index (χ2n) is 9.00. The van der Waals surface area contributed by atoms with Crippen molar-refractivity contribution in [3.63, 3.8) is 0 Å². The van der Waals surface area contributed by atoms with Crippen LogP contribution in [-0.4, -0.2) is 59.4 Å². The number of carbonyl (C=O) groups excluding carboxylic acids is 1. The molecule has 31 heavy (non-hydrogen) atoms. The number of nitrogens with one attached hydrogen (secondary N) is 2. The largest absolute Gasteiger partial charge is 0.491 e. The second kappa shape index (κ2) is 7.64. The zero-order valence-electron chi connectivity index (χ0n) is 17.5. The predicted molar refractivity (Wildman–Crippen MR) is 127 cm³/mol. The van der Waals surface area contributed by atoms with Crippen LogP contribution in [0.4, 0.5) is 5.69 Å². The number of hydrogen-bond acceptors (Lipinski definition) is 8. The number of benzene rings is 1. The SMILES string of the molecule is CC1=NC2SC(C(=O)N[C@@H]3COc4cc(N5CC6CCC(C5)N6)ccc4C3)=C(N)C2S1. The first-order chi connectivity index (χ1) is 15.0. The van der Waals surface area contributed by atoms with Crippen LogP contribution >= 0.6 is 23.5 Å². The standard InChI is InChI=1S/C22H27N5O2S2/c1-11-24-22-20(30-11)18(23)19(31-22)21(28)26-15-6-12-2-5-16(7-17(12)29-10-15)27-8-13-3-4-14(9-27)25-13/h2,5,7,13-15,20,22,25H,3-4,6,8-10,23H2,1H3,(H,26,28)/t13?,14?,15-,20?,22?/m0/s1. The fraction of sp³-hybridized carbons (Fsp3) is 0.545. The number of nitrogens with two attached hydrogens (primary N) is 1. The Morgan fingerprint density at radius 3 is 2.87 bits per heavy atom. The number of fused-ring (bicyclic) bond motifs is 4. The highest BCUT2D eigenvalue weighted by atomic mass is 32.2. The molecule has 1 aromatic rings. The summed E-state index contributed by atoms with van der Waals surface area (Å²) in [6, 6.07) is 7.69. The molecule has 0 radical (unpaired) electrons. The highest BCUT2D eigenvalue weighted by Crippen LogP contribution is 2.47. The van der Waals surface area contributed by atoms with Crippen LogP contribution in [0, 0.1) is 0 Å². The molecule has 164 valence electrons. The topological polar surface area (TPSA) is 92.0 Å². The first-order valence-electron chi connectivity index (χ1n) is 11.0. The van der Waals surface area contributed by atoms with Gasteiger partial charge in [-0.2, -0.15) is 0 Å². The summed E-state index contributed by atoms with van der Waals surface area (Å²) in [6.45, 7) is 4.59. The van der Waals surface area contributed by atoms with E-state index in [0.717, 1.165) is 35.9 Å². The van der Waals surface area contributed by atoms with Crippen molar-refractivity contribution in [2.75, 3.05) is 24.6 Å². The number of hydrogen-bond donors (Lipinski definition) is 3. The van der Waals surface area contributed by atoms with Gasteiger partial charge in [0.2, 0.25) is 0 Å². The minimum Gasteiger partial charge on any atom is -0.491 e. The molecular weight excluding hydrogens is 430 g/mol. The van der Waals surface area contributed by atoms with E-state index in [4.69, 9.17) is 10.5 Å². The Kier molecular flexibility index (Phi) is 4.88. The first-order valence-corrected chi connectivity index (χ1v) is 12.7. The van der Waals surface area contributed by atoms with Gasteiger partial charge in [0.1, 0.15) is 17.7 Å². The zero-order valence-corrected chi connectivity index (χ0v) is 19.1. The summed E-state index contributed by atoms with van der Waals surface area (Å²) >= 11 is 3.13. The van der Waals surface area contributed by atoms with E-state index in [1.807, 2.05) is 6.92 Å². The van der Waals surface area contributed by atoms with Gasteiger partial charge in [-0.3, -0.25) is 9.79 Å². The van der Waals surface area contributed by atoms with E-state index >= 15 is 0 Å². The molecule has 6 rings (SSSR count). The third-order valence-corrected chi connectivity index (χ3v) is 9.41. The number of thioether (sulfide) groups is 2. The Balaban J connectivity index is 1.11. The number of anilines is 1. The molecule has 4 unspecified atom stereocenters. The summed E-state index contributed by atoms with van der Waals surface area (Å²) in [5.74, 6) is 0.842. The average molecular weight is 458 g/mol. The van der Waals surface area contributed by atoms with Crippen molar-refractivity contribution in [2.24, 2.45) is 10.7 Å². The summed E-state index contributed by atoms with van der Waals surface area (Å²) < 4.78 is 6.08. The molecule has 5 atom stereocenters. The minimum absolute atomic E-state index is 0.0349. The molecule has 4 N–H and O–H groups in total. The van der Waals surface area contributed by atoms with E-state index < -0.39 is 0 Å². The van der Waals surface area contributed by atoms with Crippen LogP contribution in [0.25, 0.3) is 0 Å². The molecule has 2 fully saturated rings. The van der Waals surface area contributed by atoms with Gasteiger partial charge >= 0.3 is 0 Å². The zero-order chi connectivity index (χ0) is 21.1. The average Bonchev–Trinajstić information content (AvgIpc) is 3.40. The monoisotopic (exact) mass is 457 g/mol. The van der Waals surface area contributed by atoms with Crippen molar-refractivity contribution in [1.29, 1.82) is 0 Å². The highest BCUT2D eigenvalue weighted by Gasteiger charge is 2.41. The van der Waals surface area contributed by atoms with Crippen LogP contribution in [0.3, 0.4) is 0 Å². The molecule has 1 amide bonds. The first kappa shape index (κ1) is 19.8. The van der Waals surface area contributed by atoms with Crippen molar-refractivity contribution < 1.29 is 9.53 Å². The number of carbonyl (C=O) groups is 1. The molecule has 9 heteroatoms. The van der Waals surface area contributed by atoms with Gasteiger partial charge in [0.25, 0.3) is 5.91 Å². The van der Waals surface area contributed by atoms with Gasteiger partial charge in [0.15, 0.2) is 0 Å². The number of amides is 1. The van der Waals surface area contributed by atoms with E-state index in [2.05, 4.69) is 38.7 Å². The van der Waals surface area contributed by atoms with Gasteiger partial charge in [-0.1, -0.05) is 29.6 Å². The predicted octanol–water partition coefficient (Wildman–Crippen LogP) is 1.82. The number of aliphatic imine (C=N–C) groups is 1. The van der Waals surface area contributed by atoms with Gasteiger partial charge in [-0.15, -0.1) is 0 Å². The lowest BCUT2D eigenvalue weighted by molar-refractivity contribution is -0.117. The molecule has 2 bridgehead atoms. The molecule has 0 aromatic heterocycles. The number of piperazine rings is 1. The van der Waals surface area contributed by atoms with Gasteiger partial charge in [-0.25, -0.2) is 0 Å². The third kappa shape index (κ3) is 3.60. The molecular formula is C22H27N5O2S2. The Hall–Kier alpha value is -1.84. The molecule has 2 saturated heterocycles. The molecule has 7 nitrogen and oxygen atoms in total. The normalized spacial score (nSPS) is 33.6. The fourth-order valence-corrected chi connectivity index (χ4v) is 7.83. The van der Waals surface area contributed by atoms with Crippen molar-refractivity contribution >= 4 is 40.2 Å². The minimum atomic E-state index is -0.102. The van der Waals surface area contributed by atoms with Crippen LogP contribution in [0.5, 0.6) is 5.75 Å². The molecule has 0 saturated carbocycles. The van der Waals surface area contributed by atoms with Gasteiger partial charge < -0.3 is 26.0 Å². The Morgan fingerprint density at radius 1 is 1.29 bits per heavy atom. The van der Waals surface area contributed by atoms with E-state index in [9.17, 15) is 4.79 Å². The molecule has 5 aliphatic heterocycles. The quantitative estimate of drug-likeness (QED) is 0.638. The summed E-state index contributed by atoms with van der Waals surface area (Å²) in [4.78, 5) is 20.6. The smallest absolute Gasteiger partial charge is 0.259 e. The molecule has 1 aromatic carbocycles. The maximum atomic E-state index is 12.9. The van der Waals surface area contributed by atoms with Crippen molar-refractivity contribution in [3.8, 4) is 5.75 Å². The maximum absolute atomic E-state index is 12.9. The third-order valence-electron chi connectivity index (χ3n) is 6.75. The van der Waals surface area contributed by atoms with E-state index in [1.165, 1.54) is 30.3 Å². The van der Waals surface area contributed by atoms with E-state index in [1.54, 1.807) is 11.8 Å². The van der Waals surface area contributed by atoms with Crippen molar-refractivity contribution in [1.82, 2.24) is 10.6 Å². The van der Waals surface area contributed by atoms with Crippen LogP contribution < -0.4 is 26.0 Å².